The van der Waals surface area contributed by atoms with E-state index in [9.17, 15) is 9.59 Å². The van der Waals surface area contributed by atoms with Gasteiger partial charge in [0.25, 0.3) is 17.9 Å². The quantitative estimate of drug-likeness (QED) is 0.850. The Morgan fingerprint density at radius 2 is 1.96 bits per heavy atom. The summed E-state index contributed by atoms with van der Waals surface area (Å²) in [4.78, 5) is 24.5. The molecule has 0 spiro atoms. The maximum atomic E-state index is 12.4. The van der Waals surface area contributed by atoms with Crippen LogP contribution in [0.4, 0.5) is 11.4 Å². The molecule has 0 bridgehead atoms. The average molecular weight is 312 g/mol. The lowest BCUT2D eigenvalue weighted by atomic mass is 10.2. The van der Waals surface area contributed by atoms with Crippen LogP contribution in [0.2, 0.25) is 0 Å². The number of fused-ring (bicyclic) bond motifs is 1. The van der Waals surface area contributed by atoms with Gasteiger partial charge in [-0.2, -0.15) is 0 Å². The highest BCUT2D eigenvalue weighted by Gasteiger charge is 2.34. The van der Waals surface area contributed by atoms with Crippen molar-refractivity contribution in [1.82, 2.24) is 0 Å². The number of benzene rings is 2. The Balaban J connectivity index is 1.78. The molecule has 23 heavy (non-hydrogen) atoms. The van der Waals surface area contributed by atoms with Crippen LogP contribution in [0.5, 0.6) is 11.5 Å². The van der Waals surface area contributed by atoms with Crippen LogP contribution < -0.4 is 20.1 Å². The van der Waals surface area contributed by atoms with Crippen molar-refractivity contribution in [2.24, 2.45) is 0 Å². The van der Waals surface area contributed by atoms with Crippen LogP contribution in [-0.4, -0.2) is 24.5 Å². The molecule has 2 aromatic carbocycles. The Kier molecular flexibility index (Phi) is 4.14. The second-order valence-electron chi connectivity index (χ2n) is 4.90. The predicted octanol–water partition coefficient (Wildman–Crippen LogP) is 2.42. The first-order chi connectivity index (χ1) is 11.2. The highest BCUT2D eigenvalue weighted by molar-refractivity contribution is 6.15. The van der Waals surface area contributed by atoms with E-state index in [0.717, 1.165) is 0 Å². The Morgan fingerprint density at radius 1 is 1.22 bits per heavy atom. The minimum absolute atomic E-state index is 0.463. The summed E-state index contributed by atoms with van der Waals surface area (Å²) in [5.74, 6) is -0.0513. The zero-order chi connectivity index (χ0) is 16.2. The number of amides is 2. The summed E-state index contributed by atoms with van der Waals surface area (Å²) in [7, 11) is 0. The lowest BCUT2D eigenvalue weighted by Crippen LogP contribution is -2.45. The minimum Gasteiger partial charge on any atom is -0.492 e. The first-order valence-corrected chi connectivity index (χ1v) is 7.28. The normalized spacial score (nSPS) is 15.9. The molecule has 0 saturated heterocycles. The molecule has 1 heterocycles. The molecule has 0 unspecified atom stereocenters. The number of nitrogens with one attached hydrogen (secondary N) is 2. The lowest BCUT2D eigenvalue weighted by molar-refractivity contribution is -0.133. The van der Waals surface area contributed by atoms with Gasteiger partial charge in [-0.05, 0) is 31.2 Å². The summed E-state index contributed by atoms with van der Waals surface area (Å²) < 4.78 is 11.0. The van der Waals surface area contributed by atoms with Gasteiger partial charge in [-0.1, -0.05) is 24.3 Å². The van der Waals surface area contributed by atoms with Gasteiger partial charge in [0.2, 0.25) is 0 Å². The van der Waals surface area contributed by atoms with Gasteiger partial charge in [-0.15, -0.1) is 0 Å². The van der Waals surface area contributed by atoms with Crippen LogP contribution in [0.3, 0.4) is 0 Å². The van der Waals surface area contributed by atoms with Gasteiger partial charge in [-0.3, -0.25) is 9.59 Å². The van der Waals surface area contributed by atoms with Crippen LogP contribution in [-0.2, 0) is 9.59 Å². The second kappa shape index (κ2) is 6.39. The molecule has 118 valence electrons. The van der Waals surface area contributed by atoms with Gasteiger partial charge >= 0.3 is 0 Å². The molecule has 2 aromatic rings. The third-order valence-corrected chi connectivity index (χ3v) is 3.31. The number of anilines is 2. The molecule has 2 N–H and O–H groups in total. The van der Waals surface area contributed by atoms with Crippen molar-refractivity contribution in [3.63, 3.8) is 0 Å². The van der Waals surface area contributed by atoms with E-state index in [0.29, 0.717) is 29.5 Å². The smallest absolute Gasteiger partial charge is 0.275 e. The maximum absolute atomic E-state index is 12.4. The minimum atomic E-state index is -1.25. The van der Waals surface area contributed by atoms with Crippen LogP contribution >= 0.6 is 0 Å². The number of hydrogen-bond acceptors (Lipinski definition) is 4. The monoisotopic (exact) mass is 312 g/mol. The number of hydrogen-bond donors (Lipinski definition) is 2. The number of carbonyl (C=O) groups excluding carboxylic acids is 2. The van der Waals surface area contributed by atoms with Crippen LogP contribution in [0.15, 0.2) is 48.5 Å². The molecule has 1 aliphatic rings. The molecule has 0 aromatic heterocycles. The van der Waals surface area contributed by atoms with Gasteiger partial charge in [0, 0.05) is 0 Å². The van der Waals surface area contributed by atoms with Crippen molar-refractivity contribution >= 4 is 23.2 Å². The first-order valence-electron chi connectivity index (χ1n) is 7.28. The summed E-state index contributed by atoms with van der Waals surface area (Å²) >= 11 is 0. The molecule has 6 nitrogen and oxygen atoms in total. The molecular weight excluding hydrogens is 296 g/mol. The summed E-state index contributed by atoms with van der Waals surface area (Å²) in [6.07, 6.45) is -1.25. The van der Waals surface area contributed by atoms with E-state index in [1.165, 1.54) is 0 Å². The molecule has 0 radical (unpaired) electrons. The topological polar surface area (TPSA) is 76.7 Å². The summed E-state index contributed by atoms with van der Waals surface area (Å²) in [5.41, 5.74) is 1.05. The van der Waals surface area contributed by atoms with Crippen molar-refractivity contribution < 1.29 is 19.1 Å². The molecule has 1 atom stereocenters. The third kappa shape index (κ3) is 3.11. The van der Waals surface area contributed by atoms with E-state index in [1.54, 1.807) is 48.5 Å². The number of ether oxygens (including phenoxy) is 2. The zero-order valence-corrected chi connectivity index (χ0v) is 12.5. The van der Waals surface area contributed by atoms with E-state index in [-0.39, 0.29) is 0 Å². The van der Waals surface area contributed by atoms with Gasteiger partial charge < -0.3 is 20.1 Å². The van der Waals surface area contributed by atoms with Crippen molar-refractivity contribution in [2.75, 3.05) is 17.2 Å². The Hall–Kier alpha value is -3.02. The maximum Gasteiger partial charge on any atom is 0.275 e. The van der Waals surface area contributed by atoms with Gasteiger partial charge in [0.1, 0.15) is 11.5 Å². The molecular formula is C17H16N2O4. The van der Waals surface area contributed by atoms with Gasteiger partial charge in [0.15, 0.2) is 0 Å². The van der Waals surface area contributed by atoms with Crippen LogP contribution in [0.1, 0.15) is 6.92 Å². The second-order valence-corrected chi connectivity index (χ2v) is 4.90. The summed E-state index contributed by atoms with van der Waals surface area (Å²) in [5, 5.41) is 5.34. The standard InChI is InChI=1S/C17H16N2O4/c1-2-22-13-9-5-3-7-11(13)18-16(20)15-17(21)19-12-8-4-6-10-14(12)23-15/h3-10,15H,2H2,1H3,(H,18,20)(H,19,21)/t15-/m1/s1. The lowest BCUT2D eigenvalue weighted by Gasteiger charge is -2.25. The molecule has 2 amide bonds. The van der Waals surface area contributed by atoms with E-state index in [2.05, 4.69) is 10.6 Å². The van der Waals surface area contributed by atoms with Crippen molar-refractivity contribution in [3.8, 4) is 11.5 Å². The Bertz CT molecular complexity index is 745. The zero-order valence-electron chi connectivity index (χ0n) is 12.5. The van der Waals surface area contributed by atoms with Gasteiger partial charge in [-0.25, -0.2) is 0 Å². The van der Waals surface area contributed by atoms with Crippen LogP contribution in [0.25, 0.3) is 0 Å². The Morgan fingerprint density at radius 3 is 2.78 bits per heavy atom. The number of rotatable bonds is 4. The van der Waals surface area contributed by atoms with Crippen molar-refractivity contribution in [3.05, 3.63) is 48.5 Å². The summed E-state index contributed by atoms with van der Waals surface area (Å²) in [6.45, 7) is 2.33. The fourth-order valence-electron chi connectivity index (χ4n) is 2.27. The Labute approximate surface area is 133 Å². The fourth-order valence-corrected chi connectivity index (χ4v) is 2.27. The highest BCUT2D eigenvalue weighted by Crippen LogP contribution is 2.30. The fraction of sp³-hybridized carbons (Fsp3) is 0.176. The SMILES string of the molecule is CCOc1ccccc1NC(=O)[C@H]1Oc2ccccc2NC1=O. The van der Waals surface area contributed by atoms with Crippen LogP contribution in [0, 0.1) is 0 Å². The summed E-state index contributed by atoms with van der Waals surface area (Å²) in [6, 6.07) is 14.0. The van der Waals surface area contributed by atoms with Crippen molar-refractivity contribution in [2.45, 2.75) is 13.0 Å². The largest absolute Gasteiger partial charge is 0.492 e. The van der Waals surface area contributed by atoms with E-state index in [4.69, 9.17) is 9.47 Å². The first kappa shape index (κ1) is 14.9. The number of para-hydroxylation sites is 4. The number of carbonyl (C=O) groups is 2. The third-order valence-electron chi connectivity index (χ3n) is 3.31. The van der Waals surface area contributed by atoms with E-state index >= 15 is 0 Å². The molecule has 0 aliphatic carbocycles. The average Bonchev–Trinajstić information content (AvgIpc) is 2.56. The predicted molar refractivity (Wildman–Crippen MR) is 85.7 cm³/mol. The van der Waals surface area contributed by atoms with Gasteiger partial charge in [0.05, 0.1) is 18.0 Å². The molecule has 0 fully saturated rings. The molecule has 1 aliphatic heterocycles. The molecule has 0 saturated carbocycles. The van der Waals surface area contributed by atoms with E-state index < -0.39 is 17.9 Å². The van der Waals surface area contributed by atoms with Crippen molar-refractivity contribution in [1.29, 1.82) is 0 Å². The highest BCUT2D eigenvalue weighted by atomic mass is 16.5. The molecule has 3 rings (SSSR count). The molecule has 6 heteroatoms. The van der Waals surface area contributed by atoms with E-state index in [1.807, 2.05) is 6.92 Å².